The first-order chi connectivity index (χ1) is 14.5. The Morgan fingerprint density at radius 1 is 1.20 bits per heavy atom. The van der Waals surface area contributed by atoms with Crippen LogP contribution in [0.4, 0.5) is 14.6 Å². The zero-order valence-corrected chi connectivity index (χ0v) is 15.7. The number of alkyl halides is 2. The molecule has 10 heteroatoms. The first kappa shape index (κ1) is 19.8. The smallest absolute Gasteiger partial charge is 0.414 e. The summed E-state index contributed by atoms with van der Waals surface area (Å²) in [4.78, 5) is 14.1. The van der Waals surface area contributed by atoms with E-state index in [4.69, 9.17) is 4.74 Å². The number of rotatable bonds is 7. The molecule has 1 atom stereocenters. The lowest BCUT2D eigenvalue weighted by atomic mass is 10.0. The van der Waals surface area contributed by atoms with Gasteiger partial charge >= 0.3 is 18.4 Å². The molecule has 156 valence electrons. The molecule has 1 aliphatic rings. The van der Waals surface area contributed by atoms with E-state index in [0.29, 0.717) is 19.7 Å². The zero-order chi connectivity index (χ0) is 21.1. The highest BCUT2D eigenvalue weighted by molar-refractivity contribution is 5.64. The maximum Gasteiger partial charge on any atom is 0.414 e. The minimum absolute atomic E-state index is 0.00615. The second kappa shape index (κ2) is 8.46. The van der Waals surface area contributed by atoms with Gasteiger partial charge in [-0.25, -0.2) is 0 Å². The minimum atomic E-state index is -2.84. The molecule has 2 aromatic carbocycles. The average molecular weight is 416 g/mol. The van der Waals surface area contributed by atoms with Crippen LogP contribution in [0.2, 0.25) is 0 Å². The lowest BCUT2D eigenvalue weighted by Crippen LogP contribution is -2.41. The minimum Gasteiger partial charge on any atom is -0.444 e. The van der Waals surface area contributed by atoms with Crippen LogP contribution in [0.3, 0.4) is 0 Å². The summed E-state index contributed by atoms with van der Waals surface area (Å²) >= 11 is 0. The van der Waals surface area contributed by atoms with E-state index >= 15 is 0 Å². The summed E-state index contributed by atoms with van der Waals surface area (Å²) in [5.41, 5.74) is 2.91. The van der Waals surface area contributed by atoms with Crippen LogP contribution in [0.15, 0.2) is 54.7 Å². The van der Waals surface area contributed by atoms with Gasteiger partial charge in [-0.1, -0.05) is 36.4 Å². The molecule has 3 aromatic rings. The molecular weight excluding hydrogens is 398 g/mol. The number of halogens is 2. The number of aromatic nitrogens is 2. The Hall–Kier alpha value is -3.53. The molecule has 0 saturated carbocycles. The van der Waals surface area contributed by atoms with Crippen LogP contribution in [0.5, 0.6) is 11.8 Å². The molecule has 0 saturated heterocycles. The van der Waals surface area contributed by atoms with E-state index in [0.717, 1.165) is 16.7 Å². The van der Waals surface area contributed by atoms with E-state index in [1.165, 1.54) is 18.3 Å². The van der Waals surface area contributed by atoms with Crippen molar-refractivity contribution in [1.29, 1.82) is 0 Å². The van der Waals surface area contributed by atoms with Crippen molar-refractivity contribution < 1.29 is 23.2 Å². The highest BCUT2D eigenvalue weighted by Gasteiger charge is 2.27. The number of fused-ring (bicyclic) bond motifs is 1. The van der Waals surface area contributed by atoms with Gasteiger partial charge < -0.3 is 24.9 Å². The van der Waals surface area contributed by atoms with Crippen molar-refractivity contribution in [2.45, 2.75) is 25.7 Å². The molecule has 0 amide bonds. The van der Waals surface area contributed by atoms with Gasteiger partial charge in [0.15, 0.2) is 0 Å². The van der Waals surface area contributed by atoms with Crippen molar-refractivity contribution in [3.63, 3.8) is 0 Å². The van der Waals surface area contributed by atoms with Crippen molar-refractivity contribution in [3.05, 3.63) is 70.4 Å². The third-order valence-corrected chi connectivity index (χ3v) is 4.71. The molecule has 2 heterocycles. The van der Waals surface area contributed by atoms with Crippen LogP contribution >= 0.6 is 0 Å². The second-order valence-electron chi connectivity index (χ2n) is 6.78. The molecule has 0 aliphatic carbocycles. The van der Waals surface area contributed by atoms with Gasteiger partial charge in [0.25, 0.3) is 0 Å². The van der Waals surface area contributed by atoms with E-state index in [1.807, 2.05) is 24.3 Å². The number of imidazole rings is 1. The van der Waals surface area contributed by atoms with E-state index < -0.39 is 11.5 Å². The number of hydrogen-bond acceptors (Lipinski definition) is 6. The van der Waals surface area contributed by atoms with Crippen molar-refractivity contribution in [2.24, 2.45) is 0 Å². The van der Waals surface area contributed by atoms with Gasteiger partial charge in [-0.2, -0.15) is 8.78 Å². The Bertz CT molecular complexity index is 1020. The van der Waals surface area contributed by atoms with Crippen molar-refractivity contribution in [1.82, 2.24) is 14.9 Å². The maximum atomic E-state index is 12.2. The molecule has 0 bridgehead atoms. The SMILES string of the molecule is O=[N+]([O-])c1cn2c(n1)OC[C@@H](NCc1ccc(-c3ccc(OC(F)F)cc3)cc1)C2. The molecule has 0 fully saturated rings. The Labute approximate surface area is 170 Å². The van der Waals surface area contributed by atoms with Gasteiger partial charge in [0.05, 0.1) is 6.04 Å². The Balaban J connectivity index is 1.33. The summed E-state index contributed by atoms with van der Waals surface area (Å²) < 4.78 is 35.9. The third kappa shape index (κ3) is 4.54. The molecule has 8 nitrogen and oxygen atoms in total. The van der Waals surface area contributed by atoms with E-state index in [9.17, 15) is 18.9 Å². The second-order valence-corrected chi connectivity index (χ2v) is 6.78. The van der Waals surface area contributed by atoms with Crippen LogP contribution in [0.1, 0.15) is 5.56 Å². The number of nitro groups is 1. The summed E-state index contributed by atoms with van der Waals surface area (Å²) in [6.07, 6.45) is 1.37. The van der Waals surface area contributed by atoms with E-state index in [1.54, 1.807) is 16.7 Å². The van der Waals surface area contributed by atoms with Gasteiger partial charge in [0.2, 0.25) is 0 Å². The van der Waals surface area contributed by atoms with Crippen LogP contribution in [0.25, 0.3) is 11.1 Å². The fraction of sp³-hybridized carbons (Fsp3) is 0.250. The van der Waals surface area contributed by atoms with Gasteiger partial charge in [0.1, 0.15) is 18.6 Å². The van der Waals surface area contributed by atoms with Crippen LogP contribution in [-0.4, -0.2) is 33.7 Å². The summed E-state index contributed by atoms with van der Waals surface area (Å²) in [7, 11) is 0. The third-order valence-electron chi connectivity index (χ3n) is 4.71. The molecule has 1 aliphatic heterocycles. The molecule has 1 N–H and O–H groups in total. The van der Waals surface area contributed by atoms with Crippen molar-refractivity contribution in [3.8, 4) is 22.9 Å². The molecular formula is C20H18F2N4O4. The quantitative estimate of drug-likeness (QED) is 0.467. The summed E-state index contributed by atoms with van der Waals surface area (Å²) in [6, 6.07) is 14.6. The highest BCUT2D eigenvalue weighted by Crippen LogP contribution is 2.24. The first-order valence-electron chi connectivity index (χ1n) is 9.20. The summed E-state index contributed by atoms with van der Waals surface area (Å²) in [5, 5.41) is 14.2. The summed E-state index contributed by atoms with van der Waals surface area (Å²) in [5.74, 6) is -0.106. The molecule has 4 rings (SSSR count). The van der Waals surface area contributed by atoms with Gasteiger partial charge in [-0.15, -0.1) is 0 Å². The molecule has 0 spiro atoms. The monoisotopic (exact) mass is 416 g/mol. The first-order valence-corrected chi connectivity index (χ1v) is 9.20. The van der Waals surface area contributed by atoms with E-state index in [2.05, 4.69) is 15.0 Å². The fourth-order valence-electron chi connectivity index (χ4n) is 3.21. The topological polar surface area (TPSA) is 91.5 Å². The number of nitrogens with zero attached hydrogens (tertiary/aromatic N) is 3. The number of hydrogen-bond donors (Lipinski definition) is 1. The Morgan fingerprint density at radius 3 is 2.50 bits per heavy atom. The standard InChI is InChI=1S/C20H18F2N4O4/c21-19(22)30-17-7-5-15(6-8-17)14-3-1-13(2-4-14)9-23-16-10-25-11-18(26(27)28)24-20(25)29-12-16/h1-8,11,16,19,23H,9-10,12H2/t16-/m0/s1. The Kier molecular flexibility index (Phi) is 5.57. The summed E-state index contributed by atoms with van der Waals surface area (Å²) in [6.45, 7) is -1.34. The molecule has 0 radical (unpaired) electrons. The highest BCUT2D eigenvalue weighted by atomic mass is 19.3. The van der Waals surface area contributed by atoms with Crippen molar-refractivity contribution in [2.75, 3.05) is 6.61 Å². The molecule has 1 aromatic heterocycles. The average Bonchev–Trinajstić information content (AvgIpc) is 3.17. The predicted octanol–water partition coefficient (Wildman–Crippen LogP) is 3.61. The Morgan fingerprint density at radius 2 is 1.87 bits per heavy atom. The maximum absolute atomic E-state index is 12.2. The lowest BCUT2D eigenvalue weighted by molar-refractivity contribution is -0.389. The van der Waals surface area contributed by atoms with Crippen molar-refractivity contribution >= 4 is 5.82 Å². The number of ether oxygens (including phenoxy) is 2. The van der Waals surface area contributed by atoms with Crippen LogP contribution < -0.4 is 14.8 Å². The molecule has 0 unspecified atom stereocenters. The van der Waals surface area contributed by atoms with Crippen LogP contribution in [-0.2, 0) is 13.1 Å². The van der Waals surface area contributed by atoms with Gasteiger partial charge in [-0.05, 0) is 33.7 Å². The lowest BCUT2D eigenvalue weighted by Gasteiger charge is -2.23. The number of nitrogens with one attached hydrogen (secondary N) is 1. The van der Waals surface area contributed by atoms with Gasteiger partial charge in [-0.3, -0.25) is 4.57 Å². The normalized spacial score (nSPS) is 15.5. The zero-order valence-electron chi connectivity index (χ0n) is 15.7. The predicted molar refractivity (Wildman–Crippen MR) is 104 cm³/mol. The van der Waals surface area contributed by atoms with E-state index in [-0.39, 0.29) is 23.6 Å². The molecule has 30 heavy (non-hydrogen) atoms. The largest absolute Gasteiger partial charge is 0.444 e. The van der Waals surface area contributed by atoms with Gasteiger partial charge in [0, 0.05) is 18.1 Å². The number of benzene rings is 2. The van der Waals surface area contributed by atoms with Crippen LogP contribution in [0, 0.1) is 10.1 Å². The fourth-order valence-corrected chi connectivity index (χ4v) is 3.21.